The van der Waals surface area contributed by atoms with Gasteiger partial charge in [-0.3, -0.25) is 14.6 Å². The molecule has 0 aliphatic rings. The summed E-state index contributed by atoms with van der Waals surface area (Å²) in [6.07, 6.45) is 2.02. The molecule has 3 aromatic rings. The summed E-state index contributed by atoms with van der Waals surface area (Å²) in [5.74, 6) is -0.206. The molecule has 2 aromatic carbocycles. The van der Waals surface area contributed by atoms with Crippen molar-refractivity contribution in [1.82, 2.24) is 15.3 Å². The van der Waals surface area contributed by atoms with Crippen LogP contribution in [0.3, 0.4) is 0 Å². The minimum absolute atomic E-state index is 0.128. The van der Waals surface area contributed by atoms with Crippen molar-refractivity contribution < 1.29 is 4.79 Å². The molecule has 1 aromatic heterocycles. The molecule has 7 heteroatoms. The maximum Gasteiger partial charge on any atom is 0.259 e. The highest BCUT2D eigenvalue weighted by Gasteiger charge is 2.12. The number of H-pyrrole nitrogens is 2. The number of fused-ring (bicyclic) bond motifs is 1. The van der Waals surface area contributed by atoms with E-state index in [4.69, 9.17) is 12.2 Å². The predicted molar refractivity (Wildman–Crippen MR) is 104 cm³/mol. The highest BCUT2D eigenvalue weighted by molar-refractivity contribution is 7.98. The van der Waals surface area contributed by atoms with E-state index < -0.39 is 0 Å². The van der Waals surface area contributed by atoms with Crippen LogP contribution in [0.5, 0.6) is 0 Å². The normalized spacial score (nSPS) is 12.1. The lowest BCUT2D eigenvalue weighted by Crippen LogP contribution is -2.26. The van der Waals surface area contributed by atoms with Gasteiger partial charge in [-0.1, -0.05) is 12.1 Å². The number of aromatic amines is 2. The molecule has 1 amide bonds. The maximum absolute atomic E-state index is 12.5. The molecule has 5 nitrogen and oxygen atoms in total. The van der Waals surface area contributed by atoms with Gasteiger partial charge in [-0.2, -0.15) is 0 Å². The molecule has 0 aliphatic heterocycles. The molecule has 0 unspecified atom stereocenters. The summed E-state index contributed by atoms with van der Waals surface area (Å²) in [5, 5.41) is 3.44. The van der Waals surface area contributed by atoms with Gasteiger partial charge >= 0.3 is 0 Å². The lowest BCUT2D eigenvalue weighted by atomic mass is 10.1. The number of rotatable bonds is 4. The van der Waals surface area contributed by atoms with Crippen LogP contribution in [-0.2, 0) is 0 Å². The maximum atomic E-state index is 12.5. The Morgan fingerprint density at radius 3 is 2.56 bits per heavy atom. The van der Waals surface area contributed by atoms with E-state index >= 15 is 0 Å². The third-order valence-corrected chi connectivity index (χ3v) is 4.91. The Morgan fingerprint density at radius 2 is 1.88 bits per heavy atom. The van der Waals surface area contributed by atoms with Crippen molar-refractivity contribution in [3.63, 3.8) is 0 Å². The third-order valence-electron chi connectivity index (χ3n) is 3.97. The van der Waals surface area contributed by atoms with Crippen LogP contribution in [-0.4, -0.2) is 22.1 Å². The number of benzene rings is 2. The zero-order chi connectivity index (χ0) is 18.0. The summed E-state index contributed by atoms with van der Waals surface area (Å²) >= 11 is 6.65. The Labute approximate surface area is 153 Å². The van der Waals surface area contributed by atoms with Crippen molar-refractivity contribution >= 4 is 40.8 Å². The second-order valence-electron chi connectivity index (χ2n) is 5.64. The fraction of sp³-hybridized carbons (Fsp3) is 0.167. The molecule has 0 spiro atoms. The molecule has 0 aliphatic carbocycles. The molecular formula is C18H17N3O2S2. The number of hydrogen-bond acceptors (Lipinski definition) is 4. The highest BCUT2D eigenvalue weighted by Crippen LogP contribution is 2.19. The first-order valence-corrected chi connectivity index (χ1v) is 9.32. The summed E-state index contributed by atoms with van der Waals surface area (Å²) in [6.45, 7) is 1.94. The first kappa shape index (κ1) is 17.4. The van der Waals surface area contributed by atoms with Gasteiger partial charge in [0, 0.05) is 10.5 Å². The summed E-state index contributed by atoms with van der Waals surface area (Å²) in [7, 11) is 0. The molecule has 0 bridgehead atoms. The predicted octanol–water partition coefficient (Wildman–Crippen LogP) is 3.80. The molecule has 0 radical (unpaired) electrons. The first-order chi connectivity index (χ1) is 12.0. The number of carbonyl (C=O) groups is 1. The molecule has 0 fully saturated rings. The zero-order valence-corrected chi connectivity index (χ0v) is 15.4. The SMILES string of the molecule is CSc1ccc([C@H](C)NC(=O)c2ccc3c(=O)[nH]c(=S)[nH]c3c2)cc1. The van der Waals surface area contributed by atoms with Gasteiger partial charge in [-0.05, 0) is 61.3 Å². The van der Waals surface area contributed by atoms with Gasteiger partial charge in [0.05, 0.1) is 16.9 Å². The molecule has 25 heavy (non-hydrogen) atoms. The molecule has 3 rings (SSSR count). The number of thioether (sulfide) groups is 1. The molecule has 0 saturated carbocycles. The van der Waals surface area contributed by atoms with E-state index in [9.17, 15) is 9.59 Å². The largest absolute Gasteiger partial charge is 0.346 e. The van der Waals surface area contributed by atoms with E-state index in [1.54, 1.807) is 30.0 Å². The quantitative estimate of drug-likeness (QED) is 0.481. The number of hydrogen-bond donors (Lipinski definition) is 3. The van der Waals surface area contributed by atoms with Crippen molar-refractivity contribution in [2.45, 2.75) is 17.9 Å². The van der Waals surface area contributed by atoms with Crippen LogP contribution in [0.1, 0.15) is 28.9 Å². The van der Waals surface area contributed by atoms with E-state index in [1.165, 1.54) is 4.90 Å². The summed E-state index contributed by atoms with van der Waals surface area (Å²) in [5.41, 5.74) is 1.77. The molecular weight excluding hydrogens is 354 g/mol. The fourth-order valence-corrected chi connectivity index (χ4v) is 3.18. The van der Waals surface area contributed by atoms with Gasteiger partial charge < -0.3 is 10.3 Å². The van der Waals surface area contributed by atoms with Crippen LogP contribution in [0, 0.1) is 4.77 Å². The van der Waals surface area contributed by atoms with Crippen molar-refractivity contribution in [1.29, 1.82) is 0 Å². The topological polar surface area (TPSA) is 77.8 Å². The summed E-state index contributed by atoms with van der Waals surface area (Å²) in [6, 6.07) is 12.8. The molecule has 1 heterocycles. The van der Waals surface area contributed by atoms with Crippen LogP contribution in [0.2, 0.25) is 0 Å². The Hall–Kier alpha value is -2.38. The van der Waals surface area contributed by atoms with Gasteiger partial charge in [0.25, 0.3) is 11.5 Å². The molecule has 1 atom stereocenters. The number of carbonyl (C=O) groups excluding carboxylic acids is 1. The standard InChI is InChI=1S/C18H17N3O2S2/c1-10(11-3-6-13(25-2)7-4-11)19-16(22)12-5-8-14-15(9-12)20-18(24)21-17(14)23/h3-10H,1-2H3,(H,19,22)(H2,20,21,23,24)/t10-/m0/s1. The van der Waals surface area contributed by atoms with Gasteiger partial charge in [-0.25, -0.2) is 0 Å². The first-order valence-electron chi connectivity index (χ1n) is 7.69. The zero-order valence-electron chi connectivity index (χ0n) is 13.8. The second-order valence-corrected chi connectivity index (χ2v) is 6.92. The lowest BCUT2D eigenvalue weighted by molar-refractivity contribution is 0.0940. The smallest absolute Gasteiger partial charge is 0.259 e. The van der Waals surface area contributed by atoms with Crippen molar-refractivity contribution in [3.05, 3.63) is 68.7 Å². The summed E-state index contributed by atoms with van der Waals surface area (Å²) in [4.78, 5) is 31.0. The Kier molecular flexibility index (Phi) is 5.06. The van der Waals surface area contributed by atoms with Crippen molar-refractivity contribution in [3.8, 4) is 0 Å². The number of amides is 1. The van der Waals surface area contributed by atoms with Gasteiger partial charge in [0.2, 0.25) is 0 Å². The lowest BCUT2D eigenvalue weighted by Gasteiger charge is -2.15. The summed E-state index contributed by atoms with van der Waals surface area (Å²) < 4.78 is 0.234. The molecule has 128 valence electrons. The van der Waals surface area contributed by atoms with Gasteiger partial charge in [0.1, 0.15) is 0 Å². The molecule has 0 saturated heterocycles. The highest BCUT2D eigenvalue weighted by atomic mass is 32.2. The van der Waals surface area contributed by atoms with Crippen molar-refractivity contribution in [2.75, 3.05) is 6.26 Å². The van der Waals surface area contributed by atoms with E-state index in [0.717, 1.165) is 5.56 Å². The minimum Gasteiger partial charge on any atom is -0.346 e. The van der Waals surface area contributed by atoms with Crippen LogP contribution in [0.15, 0.2) is 52.2 Å². The van der Waals surface area contributed by atoms with Crippen LogP contribution in [0.4, 0.5) is 0 Å². The van der Waals surface area contributed by atoms with Crippen LogP contribution < -0.4 is 10.9 Å². The minimum atomic E-state index is -0.270. The third kappa shape index (κ3) is 3.83. The van der Waals surface area contributed by atoms with E-state index in [-0.39, 0.29) is 22.3 Å². The Bertz CT molecular complexity index is 1040. The Balaban J connectivity index is 1.83. The monoisotopic (exact) mass is 371 g/mol. The van der Waals surface area contributed by atoms with E-state index in [2.05, 4.69) is 15.3 Å². The average molecular weight is 371 g/mol. The average Bonchev–Trinajstić information content (AvgIpc) is 2.61. The second kappa shape index (κ2) is 7.25. The fourth-order valence-electron chi connectivity index (χ4n) is 2.57. The van der Waals surface area contributed by atoms with Crippen molar-refractivity contribution in [2.24, 2.45) is 0 Å². The molecule has 3 N–H and O–H groups in total. The number of aromatic nitrogens is 2. The van der Waals surface area contributed by atoms with Crippen LogP contribution in [0.25, 0.3) is 10.9 Å². The number of nitrogens with one attached hydrogen (secondary N) is 3. The van der Waals surface area contributed by atoms with Crippen LogP contribution >= 0.6 is 24.0 Å². The van der Waals surface area contributed by atoms with E-state index in [1.807, 2.05) is 37.4 Å². The van der Waals surface area contributed by atoms with E-state index in [0.29, 0.717) is 16.5 Å². The Morgan fingerprint density at radius 1 is 1.16 bits per heavy atom. The van der Waals surface area contributed by atoms with Gasteiger partial charge in [0.15, 0.2) is 4.77 Å². The van der Waals surface area contributed by atoms with Gasteiger partial charge in [-0.15, -0.1) is 11.8 Å².